The van der Waals surface area contributed by atoms with Gasteiger partial charge in [-0.2, -0.15) is 4.72 Å². The molecule has 4 aromatic rings. The smallest absolute Gasteiger partial charge is 0.322 e. The SMILES string of the molecule is CCOc1cccc2oc(C(=O)Nc3ccc(-c4ccc(S(=O)(=O)NC(C(=O)O)C(C)C)cc4)cc3)c(C)c12. The van der Waals surface area contributed by atoms with Gasteiger partial charge in [0.05, 0.1) is 16.9 Å². The first-order valence-corrected chi connectivity index (χ1v) is 13.9. The zero-order valence-electron chi connectivity index (χ0n) is 22.0. The molecule has 9 nitrogen and oxygen atoms in total. The second-order valence-corrected chi connectivity index (χ2v) is 11.1. The van der Waals surface area contributed by atoms with Crippen molar-refractivity contribution in [3.8, 4) is 16.9 Å². The fourth-order valence-electron chi connectivity index (χ4n) is 4.23. The van der Waals surface area contributed by atoms with Crippen LogP contribution in [0.3, 0.4) is 0 Å². The Morgan fingerprint density at radius 1 is 0.974 bits per heavy atom. The number of benzene rings is 3. The molecule has 0 saturated carbocycles. The lowest BCUT2D eigenvalue weighted by Gasteiger charge is -2.18. The van der Waals surface area contributed by atoms with Crippen molar-refractivity contribution in [2.75, 3.05) is 11.9 Å². The highest BCUT2D eigenvalue weighted by molar-refractivity contribution is 7.89. The Labute approximate surface area is 226 Å². The molecule has 0 saturated heterocycles. The molecule has 0 bridgehead atoms. The number of fused-ring (bicyclic) bond motifs is 1. The van der Waals surface area contributed by atoms with Crippen LogP contribution < -0.4 is 14.8 Å². The summed E-state index contributed by atoms with van der Waals surface area (Å²) in [6, 6.07) is 17.4. The first kappa shape index (κ1) is 27.9. The molecule has 39 heavy (non-hydrogen) atoms. The average molecular weight is 551 g/mol. The average Bonchev–Trinajstić information content (AvgIpc) is 3.25. The number of anilines is 1. The van der Waals surface area contributed by atoms with Gasteiger partial charge in [0.1, 0.15) is 17.4 Å². The van der Waals surface area contributed by atoms with E-state index in [1.54, 1.807) is 56.3 Å². The number of nitrogens with one attached hydrogen (secondary N) is 2. The van der Waals surface area contributed by atoms with Gasteiger partial charge >= 0.3 is 5.97 Å². The summed E-state index contributed by atoms with van der Waals surface area (Å²) in [5.74, 6) is -1.17. The Balaban J connectivity index is 1.48. The number of hydrogen-bond acceptors (Lipinski definition) is 6. The normalized spacial score (nSPS) is 12.4. The van der Waals surface area contributed by atoms with Crippen molar-refractivity contribution in [3.63, 3.8) is 0 Å². The number of sulfonamides is 1. The summed E-state index contributed by atoms with van der Waals surface area (Å²) in [5.41, 5.74) is 3.38. The highest BCUT2D eigenvalue weighted by Gasteiger charge is 2.28. The van der Waals surface area contributed by atoms with Crippen molar-refractivity contribution in [2.45, 2.75) is 38.6 Å². The number of rotatable bonds is 10. The molecule has 0 radical (unpaired) electrons. The van der Waals surface area contributed by atoms with E-state index >= 15 is 0 Å². The van der Waals surface area contributed by atoms with Crippen LogP contribution >= 0.6 is 0 Å². The van der Waals surface area contributed by atoms with Crippen LogP contribution in [0, 0.1) is 12.8 Å². The molecular formula is C29H30N2O7S. The van der Waals surface area contributed by atoms with E-state index in [-0.39, 0.29) is 16.6 Å². The van der Waals surface area contributed by atoms with E-state index in [1.807, 2.05) is 26.0 Å². The van der Waals surface area contributed by atoms with E-state index in [1.165, 1.54) is 12.1 Å². The molecule has 3 N–H and O–H groups in total. The lowest BCUT2D eigenvalue weighted by Crippen LogP contribution is -2.44. The number of carbonyl (C=O) groups excluding carboxylic acids is 1. The molecule has 3 aromatic carbocycles. The number of ether oxygens (including phenoxy) is 1. The van der Waals surface area contributed by atoms with E-state index in [2.05, 4.69) is 10.0 Å². The summed E-state index contributed by atoms with van der Waals surface area (Å²) in [5, 5.41) is 12.9. The first-order valence-electron chi connectivity index (χ1n) is 12.4. The molecule has 204 valence electrons. The number of hydrogen-bond donors (Lipinski definition) is 3. The quantitative estimate of drug-likeness (QED) is 0.239. The fourth-order valence-corrected chi connectivity index (χ4v) is 5.56. The highest BCUT2D eigenvalue weighted by Crippen LogP contribution is 2.33. The molecule has 0 fully saturated rings. The van der Waals surface area contributed by atoms with Gasteiger partial charge in [-0.15, -0.1) is 0 Å². The van der Waals surface area contributed by atoms with Gasteiger partial charge < -0.3 is 19.6 Å². The standard InChI is InChI=1S/C29H30N2O7S/c1-5-37-23-7-6-8-24-25(23)18(4)27(38-24)28(32)30-21-13-9-19(10-14-21)20-11-15-22(16-12-20)39(35,36)31-26(17(2)3)29(33)34/h6-17,26,31H,5H2,1-4H3,(H,30,32)(H,33,34). The van der Waals surface area contributed by atoms with E-state index < -0.39 is 28.0 Å². The van der Waals surface area contributed by atoms with Gasteiger partial charge in [-0.1, -0.05) is 44.2 Å². The minimum Gasteiger partial charge on any atom is -0.493 e. The minimum absolute atomic E-state index is 0.0317. The van der Waals surface area contributed by atoms with Crippen LogP contribution in [0.1, 0.15) is 36.9 Å². The number of carboxylic acids is 1. The fraction of sp³-hybridized carbons (Fsp3) is 0.241. The van der Waals surface area contributed by atoms with E-state index in [9.17, 15) is 23.1 Å². The maximum Gasteiger partial charge on any atom is 0.322 e. The number of furan rings is 1. The molecule has 0 spiro atoms. The molecule has 1 amide bonds. The van der Waals surface area contributed by atoms with Gasteiger partial charge in [0.15, 0.2) is 5.76 Å². The summed E-state index contributed by atoms with van der Waals surface area (Å²) >= 11 is 0. The maximum atomic E-state index is 13.0. The second kappa shape index (κ2) is 11.3. The van der Waals surface area contributed by atoms with E-state index in [0.29, 0.717) is 29.2 Å². The summed E-state index contributed by atoms with van der Waals surface area (Å²) in [7, 11) is -4.01. The van der Waals surface area contributed by atoms with Gasteiger partial charge in [-0.25, -0.2) is 8.42 Å². The zero-order chi connectivity index (χ0) is 28.3. The van der Waals surface area contributed by atoms with Crippen molar-refractivity contribution >= 4 is 38.6 Å². The first-order chi connectivity index (χ1) is 18.5. The molecular weight excluding hydrogens is 520 g/mol. The molecule has 0 aliphatic heterocycles. The van der Waals surface area contributed by atoms with Gasteiger partial charge in [0.2, 0.25) is 10.0 Å². The van der Waals surface area contributed by atoms with Crippen LogP contribution in [0.25, 0.3) is 22.1 Å². The van der Waals surface area contributed by atoms with E-state index in [0.717, 1.165) is 16.5 Å². The third-order valence-corrected chi connectivity index (χ3v) is 7.73. The zero-order valence-corrected chi connectivity index (χ0v) is 22.8. The van der Waals surface area contributed by atoms with Crippen molar-refractivity contribution in [1.29, 1.82) is 0 Å². The molecule has 10 heteroatoms. The molecule has 0 aliphatic carbocycles. The summed E-state index contributed by atoms with van der Waals surface area (Å²) in [6.07, 6.45) is 0. The van der Waals surface area contributed by atoms with Crippen LogP contribution in [-0.4, -0.2) is 38.0 Å². The maximum absolute atomic E-state index is 13.0. The van der Waals surface area contributed by atoms with Gasteiger partial charge in [-0.3, -0.25) is 9.59 Å². The molecule has 0 aliphatic rings. The largest absolute Gasteiger partial charge is 0.493 e. The molecule has 1 atom stereocenters. The molecule has 4 rings (SSSR count). The highest BCUT2D eigenvalue weighted by atomic mass is 32.2. The Hall–Kier alpha value is -4.15. The van der Waals surface area contributed by atoms with Gasteiger partial charge in [0.25, 0.3) is 5.91 Å². The predicted molar refractivity (Wildman–Crippen MR) is 149 cm³/mol. The van der Waals surface area contributed by atoms with Crippen molar-refractivity contribution in [2.24, 2.45) is 5.92 Å². The van der Waals surface area contributed by atoms with Crippen LogP contribution in [-0.2, 0) is 14.8 Å². The van der Waals surface area contributed by atoms with Gasteiger partial charge in [-0.05, 0) is 67.3 Å². The number of carboxylic acid groups (broad SMARTS) is 1. The molecule has 1 aromatic heterocycles. The number of aryl methyl sites for hydroxylation is 1. The van der Waals surface area contributed by atoms with Crippen LogP contribution in [0.2, 0.25) is 0 Å². The predicted octanol–water partition coefficient (Wildman–Crippen LogP) is 5.45. The molecule has 1 heterocycles. The summed E-state index contributed by atoms with van der Waals surface area (Å²) in [6.45, 7) is 7.47. The third kappa shape index (κ3) is 5.97. The lowest BCUT2D eigenvalue weighted by molar-refractivity contribution is -0.140. The van der Waals surface area contributed by atoms with Crippen molar-refractivity contribution < 1.29 is 32.3 Å². The topological polar surface area (TPSA) is 135 Å². The van der Waals surface area contributed by atoms with Crippen molar-refractivity contribution in [1.82, 2.24) is 4.72 Å². The van der Waals surface area contributed by atoms with Crippen LogP contribution in [0.15, 0.2) is 76.0 Å². The van der Waals surface area contributed by atoms with Crippen molar-refractivity contribution in [3.05, 3.63) is 78.1 Å². The summed E-state index contributed by atoms with van der Waals surface area (Å²) < 4.78 is 39.1. The Morgan fingerprint density at radius 2 is 1.59 bits per heavy atom. The second-order valence-electron chi connectivity index (χ2n) is 9.36. The third-order valence-electron chi connectivity index (χ3n) is 6.28. The Kier molecular flexibility index (Phi) is 8.08. The molecule has 1 unspecified atom stereocenters. The Bertz CT molecular complexity index is 1610. The van der Waals surface area contributed by atoms with Gasteiger partial charge in [0, 0.05) is 11.3 Å². The van der Waals surface area contributed by atoms with E-state index in [4.69, 9.17) is 9.15 Å². The van der Waals surface area contributed by atoms with Crippen LogP contribution in [0.5, 0.6) is 5.75 Å². The summed E-state index contributed by atoms with van der Waals surface area (Å²) in [4.78, 5) is 24.3. The Morgan fingerprint density at radius 3 is 2.15 bits per heavy atom. The minimum atomic E-state index is -4.01. The number of aliphatic carboxylic acids is 1. The lowest BCUT2D eigenvalue weighted by atomic mass is 10.1. The monoisotopic (exact) mass is 550 g/mol. The number of carbonyl (C=O) groups is 2. The van der Waals surface area contributed by atoms with Crippen LogP contribution in [0.4, 0.5) is 5.69 Å². The number of amides is 1.